The number of aromatic nitrogens is 1. The van der Waals surface area contributed by atoms with Crippen molar-refractivity contribution in [2.75, 3.05) is 32.0 Å². The summed E-state index contributed by atoms with van der Waals surface area (Å²) in [7, 11) is 4.73. The zero-order valence-electron chi connectivity index (χ0n) is 15.9. The Morgan fingerprint density at radius 3 is 2.36 bits per heavy atom. The van der Waals surface area contributed by atoms with Crippen molar-refractivity contribution < 1.29 is 19.0 Å². The van der Waals surface area contributed by atoms with Crippen LogP contribution in [0.25, 0.3) is 0 Å². The maximum absolute atomic E-state index is 12.6. The maximum Gasteiger partial charge on any atom is 0.255 e. The molecule has 0 atom stereocenters. The molecular formula is C21H21N3O4. The van der Waals surface area contributed by atoms with Gasteiger partial charge < -0.3 is 24.8 Å². The Kier molecular flexibility index (Phi) is 5.96. The number of hydrogen-bond acceptors (Lipinski definition) is 6. The maximum atomic E-state index is 12.6. The Morgan fingerprint density at radius 2 is 1.61 bits per heavy atom. The molecule has 7 heteroatoms. The minimum Gasteiger partial charge on any atom is -0.497 e. The summed E-state index contributed by atoms with van der Waals surface area (Å²) in [6, 6.07) is 15.9. The standard InChI is InChI=1S/C21H21N3O4/c1-26-15-8-9-19(28-3)17(13-15)23-20-12-14(10-11-22-20)21(25)24-16-6-4-5-7-18(16)27-2/h4-13H,1-3H3,(H,22,23)(H,24,25). The van der Waals surface area contributed by atoms with Gasteiger partial charge in [0.2, 0.25) is 0 Å². The lowest BCUT2D eigenvalue weighted by Crippen LogP contribution is -2.13. The fourth-order valence-electron chi connectivity index (χ4n) is 2.63. The molecule has 7 nitrogen and oxygen atoms in total. The molecule has 0 saturated heterocycles. The fraction of sp³-hybridized carbons (Fsp3) is 0.143. The zero-order chi connectivity index (χ0) is 19.9. The van der Waals surface area contributed by atoms with Crippen molar-refractivity contribution in [2.45, 2.75) is 0 Å². The van der Waals surface area contributed by atoms with E-state index in [2.05, 4.69) is 15.6 Å². The normalized spacial score (nSPS) is 10.1. The van der Waals surface area contributed by atoms with Gasteiger partial charge in [-0.25, -0.2) is 4.98 Å². The Hall–Kier alpha value is -3.74. The van der Waals surface area contributed by atoms with Crippen molar-refractivity contribution in [3.05, 3.63) is 66.4 Å². The van der Waals surface area contributed by atoms with Gasteiger partial charge in [0.05, 0.1) is 32.7 Å². The third kappa shape index (κ3) is 4.32. The number of carbonyl (C=O) groups excluding carboxylic acids is 1. The molecule has 2 aromatic carbocycles. The van der Waals surface area contributed by atoms with Gasteiger partial charge in [0.25, 0.3) is 5.91 Å². The number of nitrogens with one attached hydrogen (secondary N) is 2. The Balaban J connectivity index is 1.82. The summed E-state index contributed by atoms with van der Waals surface area (Å²) in [4.78, 5) is 16.9. The highest BCUT2D eigenvalue weighted by atomic mass is 16.5. The monoisotopic (exact) mass is 379 g/mol. The second-order valence-electron chi connectivity index (χ2n) is 5.78. The Labute approximate surface area is 163 Å². The molecule has 1 aromatic heterocycles. The summed E-state index contributed by atoms with van der Waals surface area (Å²) < 4.78 is 15.9. The number of methoxy groups -OCH3 is 3. The molecule has 0 spiro atoms. The fourth-order valence-corrected chi connectivity index (χ4v) is 2.63. The van der Waals surface area contributed by atoms with Crippen LogP contribution in [0.15, 0.2) is 60.8 Å². The predicted octanol–water partition coefficient (Wildman–Crippen LogP) is 4.10. The first-order chi connectivity index (χ1) is 13.6. The quantitative estimate of drug-likeness (QED) is 0.643. The third-order valence-corrected chi connectivity index (χ3v) is 4.05. The highest BCUT2D eigenvalue weighted by molar-refractivity contribution is 6.05. The van der Waals surface area contributed by atoms with Gasteiger partial charge >= 0.3 is 0 Å². The molecule has 3 aromatic rings. The molecule has 0 unspecified atom stereocenters. The number of nitrogens with zero attached hydrogens (tertiary/aromatic N) is 1. The van der Waals surface area contributed by atoms with Gasteiger partial charge in [-0.15, -0.1) is 0 Å². The first-order valence-corrected chi connectivity index (χ1v) is 8.54. The van der Waals surface area contributed by atoms with E-state index < -0.39 is 0 Å². The Bertz CT molecular complexity index is 975. The van der Waals surface area contributed by atoms with Crippen molar-refractivity contribution in [2.24, 2.45) is 0 Å². The van der Waals surface area contributed by atoms with Crippen LogP contribution in [0.1, 0.15) is 10.4 Å². The molecule has 0 radical (unpaired) electrons. The second kappa shape index (κ2) is 8.77. The SMILES string of the molecule is COc1ccc(OC)c(Nc2cc(C(=O)Nc3ccccc3OC)ccn2)c1. The average Bonchev–Trinajstić information content (AvgIpc) is 2.74. The largest absolute Gasteiger partial charge is 0.497 e. The summed E-state index contributed by atoms with van der Waals surface area (Å²) in [5, 5.41) is 6.00. The van der Waals surface area contributed by atoms with E-state index in [1.54, 1.807) is 70.0 Å². The second-order valence-corrected chi connectivity index (χ2v) is 5.78. The average molecular weight is 379 g/mol. The van der Waals surface area contributed by atoms with E-state index in [1.807, 2.05) is 12.1 Å². The summed E-state index contributed by atoms with van der Waals surface area (Å²) in [6.07, 6.45) is 1.56. The number of benzene rings is 2. The van der Waals surface area contributed by atoms with E-state index in [0.717, 1.165) is 0 Å². The first kappa shape index (κ1) is 19.0. The molecule has 1 heterocycles. The minimum atomic E-state index is -0.271. The van der Waals surface area contributed by atoms with Crippen molar-refractivity contribution in [3.63, 3.8) is 0 Å². The minimum absolute atomic E-state index is 0.271. The molecule has 0 bridgehead atoms. The van der Waals surface area contributed by atoms with E-state index in [9.17, 15) is 4.79 Å². The van der Waals surface area contributed by atoms with E-state index >= 15 is 0 Å². The lowest BCUT2D eigenvalue weighted by molar-refractivity contribution is 0.102. The van der Waals surface area contributed by atoms with E-state index in [4.69, 9.17) is 14.2 Å². The van der Waals surface area contributed by atoms with Crippen LogP contribution in [0, 0.1) is 0 Å². The van der Waals surface area contributed by atoms with Crippen molar-refractivity contribution in [1.29, 1.82) is 0 Å². The van der Waals surface area contributed by atoms with Crippen molar-refractivity contribution >= 4 is 23.1 Å². The highest BCUT2D eigenvalue weighted by Crippen LogP contribution is 2.31. The molecule has 0 saturated carbocycles. The molecule has 144 valence electrons. The molecule has 28 heavy (non-hydrogen) atoms. The molecule has 0 aliphatic rings. The number of pyridine rings is 1. The Morgan fingerprint density at radius 1 is 0.857 bits per heavy atom. The molecular weight excluding hydrogens is 358 g/mol. The molecule has 0 aliphatic carbocycles. The van der Waals surface area contributed by atoms with Gasteiger partial charge in [-0.1, -0.05) is 12.1 Å². The number of anilines is 3. The summed E-state index contributed by atoms with van der Waals surface area (Å²) in [5.74, 6) is 2.12. The van der Waals surface area contributed by atoms with Crippen LogP contribution in [-0.2, 0) is 0 Å². The van der Waals surface area contributed by atoms with Gasteiger partial charge in [0.15, 0.2) is 0 Å². The topological polar surface area (TPSA) is 81.7 Å². The number of hydrogen-bond donors (Lipinski definition) is 2. The predicted molar refractivity (Wildman–Crippen MR) is 108 cm³/mol. The van der Waals surface area contributed by atoms with Gasteiger partial charge in [0.1, 0.15) is 23.1 Å². The van der Waals surface area contributed by atoms with E-state index in [1.165, 1.54) is 0 Å². The number of ether oxygens (including phenoxy) is 3. The molecule has 0 fully saturated rings. The smallest absolute Gasteiger partial charge is 0.255 e. The lowest BCUT2D eigenvalue weighted by Gasteiger charge is -2.13. The van der Waals surface area contributed by atoms with Crippen LogP contribution in [0.3, 0.4) is 0 Å². The number of amides is 1. The molecule has 3 rings (SSSR count). The number of carbonyl (C=O) groups is 1. The number of rotatable bonds is 7. The van der Waals surface area contributed by atoms with E-state index in [0.29, 0.717) is 40.0 Å². The third-order valence-electron chi connectivity index (χ3n) is 4.05. The van der Waals surface area contributed by atoms with Crippen LogP contribution in [-0.4, -0.2) is 32.2 Å². The van der Waals surface area contributed by atoms with Crippen LogP contribution in [0.2, 0.25) is 0 Å². The summed E-state index contributed by atoms with van der Waals surface area (Å²) in [5.41, 5.74) is 1.72. The van der Waals surface area contributed by atoms with Gasteiger partial charge in [-0.05, 0) is 36.4 Å². The first-order valence-electron chi connectivity index (χ1n) is 8.54. The highest BCUT2D eigenvalue weighted by Gasteiger charge is 2.12. The van der Waals surface area contributed by atoms with Gasteiger partial charge in [0, 0.05) is 17.8 Å². The van der Waals surface area contributed by atoms with Crippen molar-refractivity contribution in [3.8, 4) is 17.2 Å². The molecule has 1 amide bonds. The van der Waals surface area contributed by atoms with Crippen LogP contribution >= 0.6 is 0 Å². The van der Waals surface area contributed by atoms with Crippen LogP contribution in [0.5, 0.6) is 17.2 Å². The molecule has 2 N–H and O–H groups in total. The van der Waals surface area contributed by atoms with Crippen LogP contribution in [0.4, 0.5) is 17.2 Å². The lowest BCUT2D eigenvalue weighted by atomic mass is 10.2. The van der Waals surface area contributed by atoms with Crippen molar-refractivity contribution in [1.82, 2.24) is 4.98 Å². The number of para-hydroxylation sites is 2. The molecule has 0 aliphatic heterocycles. The van der Waals surface area contributed by atoms with E-state index in [-0.39, 0.29) is 5.91 Å². The van der Waals surface area contributed by atoms with Crippen LogP contribution < -0.4 is 24.8 Å². The summed E-state index contributed by atoms with van der Waals surface area (Å²) in [6.45, 7) is 0. The van der Waals surface area contributed by atoms with Gasteiger partial charge in [-0.2, -0.15) is 0 Å². The zero-order valence-corrected chi connectivity index (χ0v) is 15.9. The van der Waals surface area contributed by atoms with Gasteiger partial charge in [-0.3, -0.25) is 4.79 Å². The summed E-state index contributed by atoms with van der Waals surface area (Å²) >= 11 is 0.